The van der Waals surface area contributed by atoms with Gasteiger partial charge in [-0.25, -0.2) is 0 Å². The number of nitrogens with two attached hydrogens (primary N) is 2. The standard InChI is InChI=1S/C18H23N5O/c19-18(20)22-11-5-9-17(24)23(13-15-6-2-1-3-7-15)14-16-8-4-10-21-12-16/h1-4,6-8,10,12H,5,9,11,13-14H2,(H4,19,20,22). The van der Waals surface area contributed by atoms with Crippen molar-refractivity contribution in [2.45, 2.75) is 25.9 Å². The van der Waals surface area contributed by atoms with Crippen LogP contribution in [0.2, 0.25) is 0 Å². The molecular weight excluding hydrogens is 302 g/mol. The summed E-state index contributed by atoms with van der Waals surface area (Å²) in [5.74, 6) is 0.132. The van der Waals surface area contributed by atoms with Crippen molar-refractivity contribution in [2.24, 2.45) is 16.5 Å². The lowest BCUT2D eigenvalue weighted by molar-refractivity contribution is -0.132. The first-order chi connectivity index (χ1) is 11.6. The highest BCUT2D eigenvalue weighted by Gasteiger charge is 2.14. The molecule has 0 aliphatic heterocycles. The number of carbonyl (C=O) groups is 1. The Hall–Kier alpha value is -2.89. The topological polar surface area (TPSA) is 97.6 Å². The minimum atomic E-state index is 0.0546. The summed E-state index contributed by atoms with van der Waals surface area (Å²) in [4.78, 5) is 22.5. The Morgan fingerprint density at radius 3 is 2.42 bits per heavy atom. The Balaban J connectivity index is 2.01. The van der Waals surface area contributed by atoms with E-state index in [1.54, 1.807) is 12.4 Å². The van der Waals surface area contributed by atoms with Crippen LogP contribution in [0.1, 0.15) is 24.0 Å². The van der Waals surface area contributed by atoms with E-state index in [2.05, 4.69) is 9.98 Å². The van der Waals surface area contributed by atoms with Gasteiger partial charge in [0.1, 0.15) is 0 Å². The zero-order chi connectivity index (χ0) is 17.2. The number of nitrogens with zero attached hydrogens (tertiary/aromatic N) is 3. The van der Waals surface area contributed by atoms with Gasteiger partial charge in [0, 0.05) is 38.4 Å². The average Bonchev–Trinajstić information content (AvgIpc) is 2.59. The van der Waals surface area contributed by atoms with Crippen LogP contribution in [0.3, 0.4) is 0 Å². The van der Waals surface area contributed by atoms with Crippen molar-refractivity contribution in [3.63, 3.8) is 0 Å². The summed E-state index contributed by atoms with van der Waals surface area (Å²) in [6.07, 6.45) is 4.53. The first-order valence-electron chi connectivity index (χ1n) is 7.91. The summed E-state index contributed by atoms with van der Waals surface area (Å²) < 4.78 is 0. The van der Waals surface area contributed by atoms with Crippen LogP contribution in [-0.4, -0.2) is 28.3 Å². The maximum Gasteiger partial charge on any atom is 0.223 e. The van der Waals surface area contributed by atoms with E-state index in [0.29, 0.717) is 32.5 Å². The number of rotatable bonds is 8. The van der Waals surface area contributed by atoms with E-state index >= 15 is 0 Å². The number of carbonyl (C=O) groups excluding carboxylic acids is 1. The molecule has 0 saturated heterocycles. The predicted octanol–water partition coefficient (Wildman–Crippen LogP) is 1.66. The lowest BCUT2D eigenvalue weighted by Gasteiger charge is -2.23. The number of hydrogen-bond donors (Lipinski definition) is 2. The molecule has 126 valence electrons. The van der Waals surface area contributed by atoms with Crippen LogP contribution in [-0.2, 0) is 17.9 Å². The monoisotopic (exact) mass is 325 g/mol. The lowest BCUT2D eigenvalue weighted by Crippen LogP contribution is -2.30. The molecular formula is C18H23N5O. The molecule has 0 aliphatic rings. The Kier molecular flexibility index (Phi) is 6.76. The van der Waals surface area contributed by atoms with Gasteiger partial charge < -0.3 is 16.4 Å². The molecule has 0 fully saturated rings. The van der Waals surface area contributed by atoms with Gasteiger partial charge in [-0.3, -0.25) is 14.8 Å². The Bertz CT molecular complexity index is 612. The fraction of sp³-hybridized carbons (Fsp3) is 0.278. The lowest BCUT2D eigenvalue weighted by atomic mass is 10.1. The normalized spacial score (nSPS) is 10.2. The van der Waals surface area contributed by atoms with E-state index in [1.807, 2.05) is 47.4 Å². The Morgan fingerprint density at radius 2 is 1.75 bits per heavy atom. The number of aromatic nitrogens is 1. The van der Waals surface area contributed by atoms with Crippen molar-refractivity contribution in [3.05, 3.63) is 66.0 Å². The summed E-state index contributed by atoms with van der Waals surface area (Å²) in [6.45, 7) is 1.56. The average molecular weight is 325 g/mol. The molecule has 1 heterocycles. The molecule has 2 rings (SSSR count). The van der Waals surface area contributed by atoms with Crippen LogP contribution in [0.15, 0.2) is 59.9 Å². The highest BCUT2D eigenvalue weighted by atomic mass is 16.2. The van der Waals surface area contributed by atoms with Crippen LogP contribution in [0.5, 0.6) is 0 Å². The molecule has 2 aromatic rings. The third-order valence-electron chi connectivity index (χ3n) is 3.51. The number of amides is 1. The number of benzene rings is 1. The number of hydrogen-bond acceptors (Lipinski definition) is 3. The van der Waals surface area contributed by atoms with Gasteiger partial charge in [-0.2, -0.15) is 0 Å². The smallest absolute Gasteiger partial charge is 0.223 e. The molecule has 6 nitrogen and oxygen atoms in total. The minimum Gasteiger partial charge on any atom is -0.370 e. The molecule has 6 heteroatoms. The second-order valence-corrected chi connectivity index (χ2v) is 5.51. The maximum absolute atomic E-state index is 12.6. The summed E-state index contributed by atoms with van der Waals surface area (Å²) >= 11 is 0. The third kappa shape index (κ3) is 6.08. The molecule has 1 aromatic carbocycles. The molecule has 0 aliphatic carbocycles. The van der Waals surface area contributed by atoms with Gasteiger partial charge >= 0.3 is 0 Å². The molecule has 0 bridgehead atoms. The highest BCUT2D eigenvalue weighted by Crippen LogP contribution is 2.11. The highest BCUT2D eigenvalue weighted by molar-refractivity contribution is 5.77. The third-order valence-corrected chi connectivity index (χ3v) is 3.51. The van der Waals surface area contributed by atoms with Crippen LogP contribution < -0.4 is 11.5 Å². The maximum atomic E-state index is 12.6. The first-order valence-corrected chi connectivity index (χ1v) is 7.91. The van der Waals surface area contributed by atoms with Crippen molar-refractivity contribution >= 4 is 11.9 Å². The zero-order valence-electron chi connectivity index (χ0n) is 13.6. The van der Waals surface area contributed by atoms with Gasteiger partial charge in [0.05, 0.1) is 0 Å². The Morgan fingerprint density at radius 1 is 1.04 bits per heavy atom. The second-order valence-electron chi connectivity index (χ2n) is 5.51. The molecule has 1 amide bonds. The van der Waals surface area contributed by atoms with Gasteiger partial charge in [0.15, 0.2) is 5.96 Å². The number of aliphatic imine (C=N–C) groups is 1. The molecule has 0 atom stereocenters. The van der Waals surface area contributed by atoms with Crippen LogP contribution >= 0.6 is 0 Å². The van der Waals surface area contributed by atoms with Gasteiger partial charge in [-0.1, -0.05) is 36.4 Å². The van der Waals surface area contributed by atoms with Crippen molar-refractivity contribution < 1.29 is 4.79 Å². The van der Waals surface area contributed by atoms with E-state index in [4.69, 9.17) is 11.5 Å². The molecule has 4 N–H and O–H groups in total. The summed E-state index contributed by atoms with van der Waals surface area (Å²) in [5.41, 5.74) is 12.7. The summed E-state index contributed by atoms with van der Waals surface area (Å²) in [6, 6.07) is 13.8. The number of pyridine rings is 1. The van der Waals surface area contributed by atoms with Crippen molar-refractivity contribution in [3.8, 4) is 0 Å². The predicted molar refractivity (Wildman–Crippen MR) is 94.8 cm³/mol. The molecule has 0 spiro atoms. The van der Waals surface area contributed by atoms with Crippen LogP contribution in [0.4, 0.5) is 0 Å². The fourth-order valence-corrected chi connectivity index (χ4v) is 2.34. The van der Waals surface area contributed by atoms with Gasteiger partial charge in [-0.05, 0) is 23.6 Å². The SMILES string of the molecule is NC(N)=NCCCC(=O)N(Cc1ccccc1)Cc1cccnc1. The van der Waals surface area contributed by atoms with E-state index in [1.165, 1.54) is 0 Å². The summed E-state index contributed by atoms with van der Waals surface area (Å²) in [5, 5.41) is 0. The van der Waals surface area contributed by atoms with E-state index in [-0.39, 0.29) is 11.9 Å². The van der Waals surface area contributed by atoms with Crippen molar-refractivity contribution in [1.29, 1.82) is 0 Å². The summed E-state index contributed by atoms with van der Waals surface area (Å²) in [7, 11) is 0. The molecule has 24 heavy (non-hydrogen) atoms. The zero-order valence-corrected chi connectivity index (χ0v) is 13.6. The Labute approximate surface area is 142 Å². The van der Waals surface area contributed by atoms with Gasteiger partial charge in [-0.15, -0.1) is 0 Å². The molecule has 0 unspecified atom stereocenters. The minimum absolute atomic E-state index is 0.0546. The first kappa shape index (κ1) is 17.5. The number of guanidine groups is 1. The van der Waals surface area contributed by atoms with Gasteiger partial charge in [0.2, 0.25) is 5.91 Å². The fourth-order valence-electron chi connectivity index (χ4n) is 2.34. The molecule has 1 aromatic heterocycles. The second kappa shape index (κ2) is 9.29. The van der Waals surface area contributed by atoms with E-state index in [9.17, 15) is 4.79 Å². The van der Waals surface area contributed by atoms with Crippen molar-refractivity contribution in [2.75, 3.05) is 6.54 Å². The van der Waals surface area contributed by atoms with E-state index < -0.39 is 0 Å². The van der Waals surface area contributed by atoms with Crippen LogP contribution in [0, 0.1) is 0 Å². The quantitative estimate of drug-likeness (QED) is 0.438. The van der Waals surface area contributed by atoms with Crippen molar-refractivity contribution in [1.82, 2.24) is 9.88 Å². The van der Waals surface area contributed by atoms with E-state index in [0.717, 1.165) is 11.1 Å². The van der Waals surface area contributed by atoms with Gasteiger partial charge in [0.25, 0.3) is 0 Å². The molecule has 0 radical (unpaired) electrons. The largest absolute Gasteiger partial charge is 0.370 e. The molecule has 0 saturated carbocycles. The van der Waals surface area contributed by atoms with Crippen LogP contribution in [0.25, 0.3) is 0 Å².